The summed E-state index contributed by atoms with van der Waals surface area (Å²) in [5.74, 6) is 1.40. The van der Waals surface area contributed by atoms with E-state index in [9.17, 15) is 0 Å². The number of hydrogen-bond acceptors (Lipinski definition) is 4. The molecule has 0 unspecified atom stereocenters. The van der Waals surface area contributed by atoms with Crippen LogP contribution < -0.4 is 15.4 Å². The lowest BCUT2D eigenvalue weighted by Crippen LogP contribution is -2.36. The van der Waals surface area contributed by atoms with E-state index in [1.807, 2.05) is 18.2 Å². The fourth-order valence-corrected chi connectivity index (χ4v) is 2.76. The van der Waals surface area contributed by atoms with Crippen LogP contribution in [0.25, 0.3) is 0 Å². The van der Waals surface area contributed by atoms with Crippen molar-refractivity contribution in [2.75, 3.05) is 13.7 Å². The van der Waals surface area contributed by atoms with Crippen molar-refractivity contribution >= 4 is 17.3 Å². The van der Waals surface area contributed by atoms with Gasteiger partial charge in [0.1, 0.15) is 0 Å². The number of methoxy groups -OCH3 is 1. The van der Waals surface area contributed by atoms with Crippen LogP contribution in [0, 0.1) is 6.92 Å². The zero-order valence-electron chi connectivity index (χ0n) is 13.2. The SMILES string of the molecule is CCNC(=NCc1cccc(OC)n1)NCc1sccc1C. The van der Waals surface area contributed by atoms with Crippen LogP contribution in [0.15, 0.2) is 34.6 Å². The van der Waals surface area contributed by atoms with Crippen molar-refractivity contribution in [3.05, 3.63) is 45.8 Å². The van der Waals surface area contributed by atoms with E-state index in [-0.39, 0.29) is 0 Å². The summed E-state index contributed by atoms with van der Waals surface area (Å²) in [5.41, 5.74) is 2.19. The molecule has 0 aliphatic heterocycles. The lowest BCUT2D eigenvalue weighted by Gasteiger charge is -2.11. The number of aliphatic imine (C=N–C) groups is 1. The maximum Gasteiger partial charge on any atom is 0.213 e. The maximum atomic E-state index is 5.13. The zero-order chi connectivity index (χ0) is 15.8. The average molecular weight is 318 g/mol. The van der Waals surface area contributed by atoms with Crippen molar-refractivity contribution in [1.82, 2.24) is 15.6 Å². The highest BCUT2D eigenvalue weighted by Crippen LogP contribution is 2.14. The first kappa shape index (κ1) is 16.3. The second-order valence-electron chi connectivity index (χ2n) is 4.75. The molecule has 0 bridgehead atoms. The number of ether oxygens (including phenoxy) is 1. The van der Waals surface area contributed by atoms with Crippen LogP contribution in [0.5, 0.6) is 5.88 Å². The molecule has 0 saturated heterocycles. The van der Waals surface area contributed by atoms with Crippen molar-refractivity contribution in [1.29, 1.82) is 0 Å². The molecule has 0 radical (unpaired) electrons. The van der Waals surface area contributed by atoms with E-state index < -0.39 is 0 Å². The number of rotatable bonds is 6. The fraction of sp³-hybridized carbons (Fsp3) is 0.375. The Morgan fingerprint density at radius 1 is 1.32 bits per heavy atom. The van der Waals surface area contributed by atoms with Crippen LogP contribution in [0.2, 0.25) is 0 Å². The molecule has 6 heteroatoms. The molecule has 5 nitrogen and oxygen atoms in total. The minimum atomic E-state index is 0.510. The lowest BCUT2D eigenvalue weighted by molar-refractivity contribution is 0.396. The Bertz CT molecular complexity index is 624. The molecule has 2 heterocycles. The number of nitrogens with zero attached hydrogens (tertiary/aromatic N) is 2. The Balaban J connectivity index is 1.98. The number of hydrogen-bond donors (Lipinski definition) is 2. The van der Waals surface area contributed by atoms with Crippen molar-refractivity contribution in [3.8, 4) is 5.88 Å². The van der Waals surface area contributed by atoms with E-state index in [0.717, 1.165) is 24.7 Å². The van der Waals surface area contributed by atoms with Gasteiger partial charge in [0.25, 0.3) is 0 Å². The van der Waals surface area contributed by atoms with Gasteiger partial charge in [0.05, 0.1) is 25.9 Å². The summed E-state index contributed by atoms with van der Waals surface area (Å²) >= 11 is 1.75. The van der Waals surface area contributed by atoms with Crippen molar-refractivity contribution in [2.45, 2.75) is 26.9 Å². The quantitative estimate of drug-likeness (QED) is 0.635. The molecule has 0 saturated carbocycles. The topological polar surface area (TPSA) is 58.5 Å². The van der Waals surface area contributed by atoms with Crippen LogP contribution in [-0.4, -0.2) is 24.6 Å². The summed E-state index contributed by atoms with van der Waals surface area (Å²) in [6.45, 7) is 6.28. The molecule has 2 N–H and O–H groups in total. The smallest absolute Gasteiger partial charge is 0.213 e. The van der Waals surface area contributed by atoms with Gasteiger partial charge in [-0.15, -0.1) is 11.3 Å². The van der Waals surface area contributed by atoms with Crippen molar-refractivity contribution in [3.63, 3.8) is 0 Å². The molecule has 22 heavy (non-hydrogen) atoms. The Morgan fingerprint density at radius 2 is 2.18 bits per heavy atom. The third kappa shape index (κ3) is 4.73. The van der Waals surface area contributed by atoms with Gasteiger partial charge < -0.3 is 15.4 Å². The number of thiophene rings is 1. The Kier molecular flexibility index (Phi) is 6.21. The number of aryl methyl sites for hydroxylation is 1. The van der Waals surface area contributed by atoms with Gasteiger partial charge >= 0.3 is 0 Å². The standard InChI is InChI=1S/C16H22N4OS/c1-4-17-16(19-11-14-12(2)8-9-22-14)18-10-13-6-5-7-15(20-13)21-3/h5-9H,4,10-11H2,1-3H3,(H2,17,18,19). The fourth-order valence-electron chi connectivity index (χ4n) is 1.91. The summed E-state index contributed by atoms with van der Waals surface area (Å²) in [5, 5.41) is 8.71. The third-order valence-electron chi connectivity index (χ3n) is 3.12. The number of aromatic nitrogens is 1. The Morgan fingerprint density at radius 3 is 2.86 bits per heavy atom. The first-order valence-corrected chi connectivity index (χ1v) is 8.16. The molecule has 2 aromatic heterocycles. The van der Waals surface area contributed by atoms with E-state index in [1.54, 1.807) is 18.4 Å². The van der Waals surface area contributed by atoms with Crippen molar-refractivity contribution in [2.24, 2.45) is 4.99 Å². The van der Waals surface area contributed by atoms with E-state index in [1.165, 1.54) is 10.4 Å². The average Bonchev–Trinajstić information content (AvgIpc) is 2.95. The third-order valence-corrected chi connectivity index (χ3v) is 4.14. The van der Waals surface area contributed by atoms with Gasteiger partial charge in [-0.1, -0.05) is 6.07 Å². The summed E-state index contributed by atoms with van der Waals surface area (Å²) in [4.78, 5) is 10.3. The predicted octanol–water partition coefficient (Wildman–Crippen LogP) is 2.72. The van der Waals surface area contributed by atoms with Crippen molar-refractivity contribution < 1.29 is 4.74 Å². The highest BCUT2D eigenvalue weighted by Gasteiger charge is 2.03. The van der Waals surface area contributed by atoms with Gasteiger partial charge in [0.15, 0.2) is 5.96 Å². The largest absolute Gasteiger partial charge is 0.481 e. The zero-order valence-corrected chi connectivity index (χ0v) is 14.0. The van der Waals surface area contributed by atoms with E-state index >= 15 is 0 Å². The molecule has 2 aromatic rings. The summed E-state index contributed by atoms with van der Waals surface area (Å²) in [6, 6.07) is 7.83. The maximum absolute atomic E-state index is 5.13. The Labute approximate surface area is 135 Å². The molecular formula is C16H22N4OS. The normalized spacial score (nSPS) is 11.3. The molecule has 118 valence electrons. The van der Waals surface area contributed by atoms with E-state index in [4.69, 9.17) is 4.74 Å². The van der Waals surface area contributed by atoms with Crippen LogP contribution in [0.3, 0.4) is 0 Å². The summed E-state index contributed by atoms with van der Waals surface area (Å²) in [7, 11) is 1.62. The highest BCUT2D eigenvalue weighted by molar-refractivity contribution is 7.10. The summed E-state index contributed by atoms with van der Waals surface area (Å²) < 4.78 is 5.13. The van der Waals surface area contributed by atoms with Crippen LogP contribution in [0.1, 0.15) is 23.1 Å². The number of nitrogens with one attached hydrogen (secondary N) is 2. The molecule has 0 amide bonds. The monoisotopic (exact) mass is 318 g/mol. The molecular weight excluding hydrogens is 296 g/mol. The van der Waals surface area contributed by atoms with Gasteiger partial charge in [-0.05, 0) is 36.9 Å². The van der Waals surface area contributed by atoms with Crippen LogP contribution in [-0.2, 0) is 13.1 Å². The minimum absolute atomic E-state index is 0.510. The van der Waals surface area contributed by atoms with E-state index in [2.05, 4.69) is 45.9 Å². The molecule has 0 fully saturated rings. The molecule has 0 aromatic carbocycles. The second-order valence-corrected chi connectivity index (χ2v) is 5.75. The molecule has 0 spiro atoms. The first-order valence-electron chi connectivity index (χ1n) is 7.28. The molecule has 0 aliphatic carbocycles. The molecule has 2 rings (SSSR count). The minimum Gasteiger partial charge on any atom is -0.481 e. The van der Waals surface area contributed by atoms with E-state index in [0.29, 0.717) is 12.4 Å². The first-order chi connectivity index (χ1) is 10.7. The number of pyridine rings is 1. The molecule has 0 aliphatic rings. The van der Waals surface area contributed by atoms with Gasteiger partial charge in [0.2, 0.25) is 5.88 Å². The van der Waals surface area contributed by atoms with Gasteiger partial charge in [-0.2, -0.15) is 0 Å². The predicted molar refractivity (Wildman–Crippen MR) is 91.5 cm³/mol. The molecule has 0 atom stereocenters. The second kappa shape index (κ2) is 8.38. The van der Waals surface area contributed by atoms with Crippen LogP contribution in [0.4, 0.5) is 0 Å². The van der Waals surface area contributed by atoms with Gasteiger partial charge in [0, 0.05) is 17.5 Å². The highest BCUT2D eigenvalue weighted by atomic mass is 32.1. The Hall–Kier alpha value is -2.08. The number of guanidine groups is 1. The van der Waals surface area contributed by atoms with Gasteiger partial charge in [-0.25, -0.2) is 9.98 Å². The van der Waals surface area contributed by atoms with Crippen LogP contribution >= 0.6 is 11.3 Å². The lowest BCUT2D eigenvalue weighted by atomic mass is 10.3. The van der Waals surface area contributed by atoms with Gasteiger partial charge in [-0.3, -0.25) is 0 Å². The summed E-state index contributed by atoms with van der Waals surface area (Å²) in [6.07, 6.45) is 0.